The normalized spacial score (nSPS) is 28.9. The van der Waals surface area contributed by atoms with Gasteiger partial charge in [-0.3, -0.25) is 0 Å². The van der Waals surface area contributed by atoms with Crippen LogP contribution in [-0.4, -0.2) is 14.8 Å². The predicted molar refractivity (Wildman–Crippen MR) is 46.6 cm³/mol. The van der Waals surface area contributed by atoms with Crippen LogP contribution in [0.25, 0.3) is 0 Å². The Bertz CT molecular complexity index is 234. The lowest BCUT2D eigenvalue weighted by Gasteiger charge is -2.38. The van der Waals surface area contributed by atoms with Gasteiger partial charge in [0.2, 0.25) is 0 Å². The van der Waals surface area contributed by atoms with Crippen molar-refractivity contribution in [2.24, 2.45) is 11.8 Å². The maximum Gasteiger partial charge on any atom is 0.119 e. The van der Waals surface area contributed by atoms with E-state index in [1.54, 1.807) is 0 Å². The molecule has 0 N–H and O–H groups in total. The van der Waals surface area contributed by atoms with Crippen LogP contribution in [0.5, 0.6) is 0 Å². The van der Waals surface area contributed by atoms with E-state index < -0.39 is 0 Å². The topological polar surface area (TPSA) is 30.7 Å². The first kappa shape index (κ1) is 7.77. The minimum Gasteiger partial charge on any atom is -0.317 e. The van der Waals surface area contributed by atoms with E-state index in [-0.39, 0.29) is 0 Å². The highest BCUT2D eigenvalue weighted by Gasteiger charge is 2.31. The highest BCUT2D eigenvalue weighted by atomic mass is 15.2. The Morgan fingerprint density at radius 2 is 1.83 bits per heavy atom. The molecule has 0 amide bonds. The molecule has 1 aromatic heterocycles. The van der Waals surface area contributed by atoms with Crippen molar-refractivity contribution in [2.45, 2.75) is 32.7 Å². The first-order chi connectivity index (χ1) is 5.77. The van der Waals surface area contributed by atoms with Crippen LogP contribution in [-0.2, 0) is 0 Å². The Balaban J connectivity index is 1.90. The molecule has 1 fully saturated rings. The van der Waals surface area contributed by atoms with Gasteiger partial charge in [0.25, 0.3) is 0 Å². The Kier molecular flexibility index (Phi) is 1.87. The molecule has 3 nitrogen and oxygen atoms in total. The van der Waals surface area contributed by atoms with Crippen molar-refractivity contribution in [3.8, 4) is 0 Å². The van der Waals surface area contributed by atoms with E-state index in [1.807, 2.05) is 12.7 Å². The van der Waals surface area contributed by atoms with Gasteiger partial charge in [0, 0.05) is 6.04 Å². The number of aromatic nitrogens is 3. The zero-order chi connectivity index (χ0) is 8.55. The third kappa shape index (κ3) is 1.24. The van der Waals surface area contributed by atoms with Crippen molar-refractivity contribution in [1.29, 1.82) is 0 Å². The monoisotopic (exact) mass is 165 g/mol. The van der Waals surface area contributed by atoms with Crippen LogP contribution >= 0.6 is 0 Å². The Morgan fingerprint density at radius 3 is 2.33 bits per heavy atom. The second-order valence-corrected chi connectivity index (χ2v) is 4.04. The van der Waals surface area contributed by atoms with Crippen LogP contribution < -0.4 is 0 Å². The molecule has 1 aliphatic carbocycles. The van der Waals surface area contributed by atoms with Gasteiger partial charge >= 0.3 is 0 Å². The summed E-state index contributed by atoms with van der Waals surface area (Å²) in [5, 5.41) is 7.62. The smallest absolute Gasteiger partial charge is 0.119 e. The van der Waals surface area contributed by atoms with Crippen molar-refractivity contribution in [3.05, 3.63) is 12.7 Å². The largest absolute Gasteiger partial charge is 0.317 e. The fourth-order valence-electron chi connectivity index (χ4n) is 1.81. The third-order valence-corrected chi connectivity index (χ3v) is 2.95. The summed E-state index contributed by atoms with van der Waals surface area (Å²) in [6, 6.07) is 0.674. The van der Waals surface area contributed by atoms with Gasteiger partial charge in [-0.15, -0.1) is 10.2 Å². The molecule has 12 heavy (non-hydrogen) atoms. The molecule has 3 heteroatoms. The van der Waals surface area contributed by atoms with E-state index in [0.717, 1.165) is 11.8 Å². The van der Waals surface area contributed by atoms with Crippen molar-refractivity contribution < 1.29 is 0 Å². The highest BCUT2D eigenvalue weighted by molar-refractivity contribution is 4.87. The molecule has 0 aliphatic heterocycles. The lowest BCUT2D eigenvalue weighted by molar-refractivity contribution is 0.147. The summed E-state index contributed by atoms with van der Waals surface area (Å²) in [4.78, 5) is 0. The Morgan fingerprint density at radius 1 is 1.25 bits per heavy atom. The summed E-state index contributed by atoms with van der Waals surface area (Å²) >= 11 is 0. The molecule has 0 bridgehead atoms. The maximum atomic E-state index is 3.81. The molecule has 66 valence electrons. The van der Waals surface area contributed by atoms with Gasteiger partial charge in [-0.2, -0.15) is 0 Å². The predicted octanol–water partition coefficient (Wildman–Crippen LogP) is 1.89. The van der Waals surface area contributed by atoms with Gasteiger partial charge in [-0.25, -0.2) is 0 Å². The molecule has 0 saturated heterocycles. The van der Waals surface area contributed by atoms with Crippen LogP contribution in [0.4, 0.5) is 0 Å². The van der Waals surface area contributed by atoms with E-state index in [2.05, 4.69) is 28.6 Å². The standard InChI is InChI=1S/C9H15N3/c1-7(2)8-3-9(4-8)12-5-10-11-6-12/h5-9H,3-4H2,1-2H3. The second-order valence-electron chi connectivity index (χ2n) is 4.04. The Labute approximate surface area is 72.8 Å². The highest BCUT2D eigenvalue weighted by Crippen LogP contribution is 2.41. The average molecular weight is 165 g/mol. The summed E-state index contributed by atoms with van der Waals surface area (Å²) in [5.41, 5.74) is 0. The van der Waals surface area contributed by atoms with E-state index in [0.29, 0.717) is 6.04 Å². The first-order valence-corrected chi connectivity index (χ1v) is 4.61. The van der Waals surface area contributed by atoms with Gasteiger partial charge in [0.15, 0.2) is 0 Å². The molecule has 1 aliphatic rings. The minimum atomic E-state index is 0.674. The van der Waals surface area contributed by atoms with E-state index >= 15 is 0 Å². The van der Waals surface area contributed by atoms with Crippen molar-refractivity contribution >= 4 is 0 Å². The van der Waals surface area contributed by atoms with Crippen molar-refractivity contribution in [2.75, 3.05) is 0 Å². The molecule has 1 saturated carbocycles. The van der Waals surface area contributed by atoms with Crippen LogP contribution in [0.15, 0.2) is 12.7 Å². The average Bonchev–Trinajstić information content (AvgIpc) is 2.34. The molecule has 1 heterocycles. The fourth-order valence-corrected chi connectivity index (χ4v) is 1.81. The fraction of sp³-hybridized carbons (Fsp3) is 0.778. The maximum absolute atomic E-state index is 3.81. The molecule has 0 radical (unpaired) electrons. The molecular weight excluding hydrogens is 150 g/mol. The number of rotatable bonds is 2. The molecule has 0 atom stereocenters. The van der Waals surface area contributed by atoms with Crippen LogP contribution in [0, 0.1) is 11.8 Å². The molecule has 2 rings (SSSR count). The molecule has 0 unspecified atom stereocenters. The molecule has 0 spiro atoms. The number of nitrogens with zero attached hydrogens (tertiary/aromatic N) is 3. The lowest BCUT2D eigenvalue weighted by Crippen LogP contribution is -2.29. The summed E-state index contributed by atoms with van der Waals surface area (Å²) in [5.74, 6) is 1.75. The number of hydrogen-bond donors (Lipinski definition) is 0. The Hall–Kier alpha value is -0.860. The van der Waals surface area contributed by atoms with Crippen LogP contribution in [0.2, 0.25) is 0 Å². The van der Waals surface area contributed by atoms with Crippen molar-refractivity contribution in [1.82, 2.24) is 14.8 Å². The molecule has 1 aromatic rings. The molecular formula is C9H15N3. The molecule has 0 aromatic carbocycles. The van der Waals surface area contributed by atoms with E-state index in [9.17, 15) is 0 Å². The second kappa shape index (κ2) is 2.88. The summed E-state index contributed by atoms with van der Waals surface area (Å²) < 4.78 is 2.12. The van der Waals surface area contributed by atoms with Gasteiger partial charge in [-0.1, -0.05) is 13.8 Å². The van der Waals surface area contributed by atoms with E-state index in [4.69, 9.17) is 0 Å². The van der Waals surface area contributed by atoms with Crippen LogP contribution in [0.3, 0.4) is 0 Å². The first-order valence-electron chi connectivity index (χ1n) is 4.61. The minimum absolute atomic E-state index is 0.674. The summed E-state index contributed by atoms with van der Waals surface area (Å²) in [6.07, 6.45) is 6.24. The zero-order valence-electron chi connectivity index (χ0n) is 7.64. The van der Waals surface area contributed by atoms with Crippen LogP contribution in [0.1, 0.15) is 32.7 Å². The van der Waals surface area contributed by atoms with Gasteiger partial charge in [0.05, 0.1) is 0 Å². The summed E-state index contributed by atoms with van der Waals surface area (Å²) in [6.45, 7) is 4.60. The van der Waals surface area contributed by atoms with Crippen molar-refractivity contribution in [3.63, 3.8) is 0 Å². The quantitative estimate of drug-likeness (QED) is 0.670. The third-order valence-electron chi connectivity index (χ3n) is 2.95. The van der Waals surface area contributed by atoms with Gasteiger partial charge < -0.3 is 4.57 Å². The van der Waals surface area contributed by atoms with Gasteiger partial charge in [-0.05, 0) is 24.7 Å². The number of hydrogen-bond acceptors (Lipinski definition) is 2. The SMILES string of the molecule is CC(C)C1CC(n2cnnc2)C1. The lowest BCUT2D eigenvalue weighted by atomic mass is 9.73. The summed E-state index contributed by atoms with van der Waals surface area (Å²) in [7, 11) is 0. The van der Waals surface area contributed by atoms with Gasteiger partial charge in [0.1, 0.15) is 12.7 Å². The zero-order valence-corrected chi connectivity index (χ0v) is 7.64. The van der Waals surface area contributed by atoms with E-state index in [1.165, 1.54) is 12.8 Å².